The zero-order valence-electron chi connectivity index (χ0n) is 37.2. The summed E-state index contributed by atoms with van der Waals surface area (Å²) < 4.78 is 26.2. The van der Waals surface area contributed by atoms with Gasteiger partial charge in [-0.2, -0.15) is 0 Å². The molecule has 2 saturated heterocycles. The molecule has 17 nitrogen and oxygen atoms in total. The largest absolute Gasteiger partial charge is 0.463 e. The Kier molecular flexibility index (Phi) is 23.8. The number of aliphatic hydroxyl groups excluding tert-OH is 2. The lowest BCUT2D eigenvalue weighted by molar-refractivity contribution is -0.166. The van der Waals surface area contributed by atoms with Crippen molar-refractivity contribution in [3.63, 3.8) is 0 Å². The summed E-state index contributed by atoms with van der Waals surface area (Å²) >= 11 is 0. The summed E-state index contributed by atoms with van der Waals surface area (Å²) in [4.78, 5) is 87.5. The van der Waals surface area contributed by atoms with Gasteiger partial charge in [-0.25, -0.2) is 0 Å². The summed E-state index contributed by atoms with van der Waals surface area (Å²) in [6.07, 6.45) is 2.17. The summed E-state index contributed by atoms with van der Waals surface area (Å²) in [6.45, 7) is 18.6. The monoisotopic (exact) mass is 844 g/mol. The second-order valence-corrected chi connectivity index (χ2v) is 16.4. The molecule has 340 valence electrons. The van der Waals surface area contributed by atoms with E-state index in [0.717, 1.165) is 12.8 Å². The van der Waals surface area contributed by atoms with E-state index in [-0.39, 0.29) is 50.1 Å². The number of nitrogens with one attached hydrogen (secondary N) is 1. The van der Waals surface area contributed by atoms with E-state index < -0.39 is 65.1 Å². The van der Waals surface area contributed by atoms with Crippen LogP contribution >= 0.6 is 0 Å². The number of aliphatic hydroxyl groups is 2. The Hall–Kier alpha value is -3.83. The van der Waals surface area contributed by atoms with E-state index in [1.165, 1.54) is 20.8 Å². The van der Waals surface area contributed by atoms with Gasteiger partial charge in [-0.1, -0.05) is 20.8 Å². The molecule has 2 heterocycles. The van der Waals surface area contributed by atoms with Crippen LogP contribution in [-0.4, -0.2) is 144 Å². The van der Waals surface area contributed by atoms with Crippen LogP contribution in [0.3, 0.4) is 0 Å². The van der Waals surface area contributed by atoms with Crippen molar-refractivity contribution in [1.29, 1.82) is 0 Å². The van der Waals surface area contributed by atoms with Gasteiger partial charge in [-0.05, 0) is 72.8 Å². The number of hydrogen-bond acceptors (Lipinski definition) is 15. The first kappa shape index (κ1) is 53.2. The normalized spacial score (nSPS) is 19.1. The Bertz CT molecular complexity index is 1380. The Morgan fingerprint density at radius 2 is 1.03 bits per heavy atom. The third-order valence-electron chi connectivity index (χ3n) is 10.6. The molecule has 0 aromatic rings. The standard InChI is InChI=1S/C21H38N2O6.C21H35NO8/c1-6-18(29-16(4)24)12-21(5,11-15(3)23-10-8-9-19(23)26)20(27)28-14-17(25)13-22-7-2;1-6-18(30-16(4)24)11-21(5,10-14(2)22-9-7-8-19(22)26)20(27)29-13-17(25)12-28-15(3)23/h15,17-18,22,25H,6-14H2,1-5H3;14,17-18,25H,6-13H2,1-5H3. The van der Waals surface area contributed by atoms with Crippen LogP contribution in [0.2, 0.25) is 0 Å². The highest BCUT2D eigenvalue weighted by Gasteiger charge is 2.43. The molecule has 0 aromatic carbocycles. The molecule has 2 aliphatic heterocycles. The number of rotatable bonds is 25. The zero-order valence-corrected chi connectivity index (χ0v) is 37.2. The molecule has 8 unspecified atom stereocenters. The Morgan fingerprint density at radius 3 is 1.36 bits per heavy atom. The van der Waals surface area contributed by atoms with E-state index in [0.29, 0.717) is 71.1 Å². The molecule has 17 heteroatoms. The van der Waals surface area contributed by atoms with Crippen LogP contribution in [0.5, 0.6) is 0 Å². The molecular formula is C42H73N3O14. The van der Waals surface area contributed by atoms with Crippen LogP contribution in [0.4, 0.5) is 0 Å². The molecule has 2 rings (SSSR count). The Morgan fingerprint density at radius 1 is 0.644 bits per heavy atom. The average Bonchev–Trinajstić information content (AvgIpc) is 3.80. The molecule has 0 radical (unpaired) electrons. The van der Waals surface area contributed by atoms with Gasteiger partial charge in [0, 0.05) is 78.2 Å². The van der Waals surface area contributed by atoms with Crippen molar-refractivity contribution in [3.8, 4) is 0 Å². The molecule has 0 bridgehead atoms. The van der Waals surface area contributed by atoms with Gasteiger partial charge in [-0.15, -0.1) is 0 Å². The lowest BCUT2D eigenvalue weighted by Gasteiger charge is -2.36. The Balaban J connectivity index is 0.000000590. The number of likely N-dealkylation sites (tertiary alicyclic amines) is 2. The summed E-state index contributed by atoms with van der Waals surface area (Å²) in [5.74, 6) is -2.22. The van der Waals surface area contributed by atoms with E-state index >= 15 is 0 Å². The highest BCUT2D eigenvalue weighted by Crippen LogP contribution is 2.36. The van der Waals surface area contributed by atoms with Crippen molar-refractivity contribution < 1.29 is 67.5 Å². The van der Waals surface area contributed by atoms with Crippen LogP contribution < -0.4 is 5.32 Å². The number of esters is 5. The molecule has 2 amide bonds. The summed E-state index contributed by atoms with van der Waals surface area (Å²) in [5.41, 5.74) is -1.99. The van der Waals surface area contributed by atoms with Crippen LogP contribution in [0, 0.1) is 10.8 Å². The van der Waals surface area contributed by atoms with E-state index in [9.17, 15) is 43.8 Å². The SMILES string of the molecule is CCC(CC(C)(CC(C)N1CCCC1=O)C(=O)OCC(O)COC(C)=O)OC(C)=O.CCNCC(O)COC(=O)C(C)(CC(CC)OC(C)=O)CC(C)N1CCCC1=O. The number of nitrogens with zero attached hydrogens (tertiary/aromatic N) is 2. The molecule has 0 spiro atoms. The number of amides is 2. The van der Waals surface area contributed by atoms with Crippen molar-refractivity contribution in [3.05, 3.63) is 0 Å². The van der Waals surface area contributed by atoms with Gasteiger partial charge in [0.1, 0.15) is 44.2 Å². The highest BCUT2D eigenvalue weighted by atomic mass is 16.6. The fourth-order valence-electron chi connectivity index (χ4n) is 7.63. The fourth-order valence-corrected chi connectivity index (χ4v) is 7.63. The number of carbonyl (C=O) groups is 7. The number of likely N-dealkylation sites (N-methyl/N-ethyl adjacent to an activating group) is 1. The molecule has 2 fully saturated rings. The van der Waals surface area contributed by atoms with Crippen LogP contribution in [0.15, 0.2) is 0 Å². The maximum absolute atomic E-state index is 13.0. The Labute approximate surface area is 350 Å². The smallest absolute Gasteiger partial charge is 0.312 e. The molecule has 0 aliphatic carbocycles. The van der Waals surface area contributed by atoms with Crippen LogP contribution in [0.1, 0.15) is 133 Å². The maximum Gasteiger partial charge on any atom is 0.312 e. The summed E-state index contributed by atoms with van der Waals surface area (Å²) in [5, 5.41) is 22.8. The predicted octanol–water partition coefficient (Wildman–Crippen LogP) is 3.23. The van der Waals surface area contributed by atoms with Gasteiger partial charge in [0.05, 0.1) is 10.8 Å². The molecule has 0 aromatic heterocycles. The van der Waals surface area contributed by atoms with E-state index in [2.05, 4.69) is 5.32 Å². The molecule has 0 saturated carbocycles. The second kappa shape index (κ2) is 26.4. The molecule has 2 aliphatic rings. The minimum atomic E-state index is -1.14. The minimum Gasteiger partial charge on any atom is -0.463 e. The lowest BCUT2D eigenvalue weighted by atomic mass is 9.78. The number of hydrogen-bond donors (Lipinski definition) is 3. The van der Waals surface area contributed by atoms with Gasteiger partial charge in [0.2, 0.25) is 11.8 Å². The van der Waals surface area contributed by atoms with Crippen LogP contribution in [0.25, 0.3) is 0 Å². The first-order valence-corrected chi connectivity index (χ1v) is 21.1. The predicted molar refractivity (Wildman–Crippen MR) is 216 cm³/mol. The molecule has 3 N–H and O–H groups in total. The zero-order chi connectivity index (χ0) is 44.9. The van der Waals surface area contributed by atoms with E-state index in [1.807, 2.05) is 34.6 Å². The van der Waals surface area contributed by atoms with Crippen molar-refractivity contribution in [2.75, 3.05) is 46.0 Å². The van der Waals surface area contributed by atoms with Gasteiger partial charge >= 0.3 is 29.8 Å². The lowest BCUT2D eigenvalue weighted by Crippen LogP contribution is -2.44. The third-order valence-corrected chi connectivity index (χ3v) is 10.6. The van der Waals surface area contributed by atoms with Crippen molar-refractivity contribution in [2.24, 2.45) is 10.8 Å². The van der Waals surface area contributed by atoms with Crippen LogP contribution in [-0.2, 0) is 57.2 Å². The quantitative estimate of drug-likeness (QED) is 0.0887. The second-order valence-electron chi connectivity index (χ2n) is 16.4. The summed E-state index contributed by atoms with van der Waals surface area (Å²) in [7, 11) is 0. The maximum atomic E-state index is 13.0. The first-order valence-electron chi connectivity index (χ1n) is 21.1. The average molecular weight is 844 g/mol. The minimum absolute atomic E-state index is 0.0575. The molecule has 8 atom stereocenters. The topological polar surface area (TPSA) is 225 Å². The molecular weight excluding hydrogens is 770 g/mol. The molecule has 59 heavy (non-hydrogen) atoms. The van der Waals surface area contributed by atoms with Crippen molar-refractivity contribution in [1.82, 2.24) is 15.1 Å². The van der Waals surface area contributed by atoms with E-state index in [4.69, 9.17) is 23.7 Å². The van der Waals surface area contributed by atoms with Gasteiger partial charge < -0.3 is 49.0 Å². The van der Waals surface area contributed by atoms with Crippen molar-refractivity contribution >= 4 is 41.7 Å². The fraction of sp³-hybridized carbons (Fsp3) is 0.833. The van der Waals surface area contributed by atoms with Gasteiger partial charge in [-0.3, -0.25) is 33.6 Å². The highest BCUT2D eigenvalue weighted by molar-refractivity contribution is 5.80. The van der Waals surface area contributed by atoms with Gasteiger partial charge in [0.15, 0.2) is 0 Å². The van der Waals surface area contributed by atoms with E-state index in [1.54, 1.807) is 23.6 Å². The van der Waals surface area contributed by atoms with Crippen molar-refractivity contribution in [2.45, 2.75) is 170 Å². The third kappa shape index (κ3) is 19.4. The first-order chi connectivity index (χ1) is 27.6. The number of ether oxygens (including phenoxy) is 5. The number of carbonyl (C=O) groups excluding carboxylic acids is 7. The van der Waals surface area contributed by atoms with Gasteiger partial charge in [0.25, 0.3) is 0 Å². The summed E-state index contributed by atoms with van der Waals surface area (Å²) in [6, 6.07) is -0.331.